The van der Waals surface area contributed by atoms with Crippen LogP contribution in [0.4, 0.5) is 4.39 Å². The van der Waals surface area contributed by atoms with E-state index in [4.69, 9.17) is 16.9 Å². The minimum atomic E-state index is -0.642. The molecule has 0 aliphatic heterocycles. The minimum absolute atomic E-state index is 0.0364. The molecule has 1 aromatic carbocycles. The van der Waals surface area contributed by atoms with Crippen LogP contribution in [-0.2, 0) is 6.42 Å². The number of nitrogens with zero attached hydrogens (tertiary/aromatic N) is 1. The Kier molecular flexibility index (Phi) is 3.10. The summed E-state index contributed by atoms with van der Waals surface area (Å²) in [7, 11) is 0. The number of hydrogen-bond donors (Lipinski definition) is 1. The number of rotatable bonds is 2. The zero-order valence-electron chi connectivity index (χ0n) is 6.72. The third-order valence-electron chi connectivity index (χ3n) is 1.66. The minimum Gasteiger partial charge on any atom is -0.508 e. The monoisotopic (exact) mass is 199 g/mol. The van der Waals surface area contributed by atoms with Crippen molar-refractivity contribution in [1.82, 2.24) is 0 Å². The van der Waals surface area contributed by atoms with Gasteiger partial charge in [0.1, 0.15) is 11.6 Å². The van der Waals surface area contributed by atoms with Crippen molar-refractivity contribution in [2.24, 2.45) is 0 Å². The van der Waals surface area contributed by atoms with E-state index in [-0.39, 0.29) is 29.2 Å². The van der Waals surface area contributed by atoms with Crippen molar-refractivity contribution in [1.29, 1.82) is 5.26 Å². The molecule has 1 rings (SSSR count). The number of nitriles is 1. The van der Waals surface area contributed by atoms with Gasteiger partial charge in [0.15, 0.2) is 0 Å². The quantitative estimate of drug-likeness (QED) is 0.796. The summed E-state index contributed by atoms with van der Waals surface area (Å²) in [4.78, 5) is 0. The number of aromatic hydroxyl groups is 1. The first-order valence-corrected chi connectivity index (χ1v) is 4.07. The maximum Gasteiger partial charge on any atom is 0.148 e. The fraction of sp³-hybridized carbons (Fsp3) is 0.222. The molecule has 1 N–H and O–H groups in total. The SMILES string of the molecule is N#CCCc1c(O)ccc(Cl)c1F. The summed E-state index contributed by atoms with van der Waals surface area (Å²) in [6, 6.07) is 4.47. The Morgan fingerprint density at radius 2 is 2.23 bits per heavy atom. The number of hydrogen-bond acceptors (Lipinski definition) is 2. The fourth-order valence-corrected chi connectivity index (χ4v) is 1.18. The summed E-state index contributed by atoms with van der Waals surface area (Å²) >= 11 is 5.50. The molecule has 0 heterocycles. The Labute approximate surface area is 80.2 Å². The predicted octanol–water partition coefficient (Wildman–Crippen LogP) is 2.64. The summed E-state index contributed by atoms with van der Waals surface area (Å²) in [6.45, 7) is 0. The van der Waals surface area contributed by atoms with Gasteiger partial charge in [0.05, 0.1) is 11.1 Å². The molecule has 0 amide bonds. The van der Waals surface area contributed by atoms with E-state index in [1.807, 2.05) is 6.07 Å². The first-order chi connectivity index (χ1) is 6.16. The average Bonchev–Trinajstić information content (AvgIpc) is 2.12. The van der Waals surface area contributed by atoms with Gasteiger partial charge in [-0.3, -0.25) is 0 Å². The van der Waals surface area contributed by atoms with Crippen LogP contribution in [0.5, 0.6) is 5.75 Å². The molecule has 0 saturated heterocycles. The van der Waals surface area contributed by atoms with Crippen LogP contribution in [-0.4, -0.2) is 5.11 Å². The number of phenolic OH excluding ortho intramolecular Hbond substituents is 1. The molecular weight excluding hydrogens is 193 g/mol. The topological polar surface area (TPSA) is 44.0 Å². The molecule has 4 heteroatoms. The van der Waals surface area contributed by atoms with E-state index >= 15 is 0 Å². The maximum absolute atomic E-state index is 13.2. The molecule has 13 heavy (non-hydrogen) atoms. The van der Waals surface area contributed by atoms with Crippen LogP contribution < -0.4 is 0 Å². The largest absolute Gasteiger partial charge is 0.508 e. The van der Waals surface area contributed by atoms with Gasteiger partial charge in [0.2, 0.25) is 0 Å². The molecule has 0 aliphatic rings. The molecule has 0 radical (unpaired) electrons. The van der Waals surface area contributed by atoms with Gasteiger partial charge in [-0.05, 0) is 18.6 Å². The van der Waals surface area contributed by atoms with Gasteiger partial charge < -0.3 is 5.11 Å². The van der Waals surface area contributed by atoms with Gasteiger partial charge in [0.25, 0.3) is 0 Å². The molecule has 0 spiro atoms. The lowest BCUT2D eigenvalue weighted by Gasteiger charge is -2.04. The average molecular weight is 200 g/mol. The van der Waals surface area contributed by atoms with E-state index in [1.165, 1.54) is 12.1 Å². The highest BCUT2D eigenvalue weighted by Crippen LogP contribution is 2.27. The summed E-state index contributed by atoms with van der Waals surface area (Å²) in [6.07, 6.45) is 0.333. The Balaban J connectivity index is 3.04. The van der Waals surface area contributed by atoms with Crippen LogP contribution >= 0.6 is 11.6 Å². The van der Waals surface area contributed by atoms with E-state index in [0.29, 0.717) is 0 Å². The van der Waals surface area contributed by atoms with Crippen molar-refractivity contribution >= 4 is 11.6 Å². The lowest BCUT2D eigenvalue weighted by Crippen LogP contribution is -1.91. The molecule has 68 valence electrons. The van der Waals surface area contributed by atoms with Crippen molar-refractivity contribution < 1.29 is 9.50 Å². The Morgan fingerprint density at radius 3 is 2.85 bits per heavy atom. The summed E-state index contributed by atoms with van der Waals surface area (Å²) < 4.78 is 13.2. The van der Waals surface area contributed by atoms with E-state index in [9.17, 15) is 9.50 Å². The Bertz CT molecular complexity index is 359. The van der Waals surface area contributed by atoms with E-state index in [1.54, 1.807) is 0 Å². The van der Waals surface area contributed by atoms with Gasteiger partial charge in [-0.15, -0.1) is 0 Å². The Hall–Kier alpha value is -1.27. The van der Waals surface area contributed by atoms with E-state index < -0.39 is 5.82 Å². The second-order valence-corrected chi connectivity index (χ2v) is 2.92. The predicted molar refractivity (Wildman–Crippen MR) is 47.0 cm³/mol. The molecule has 0 atom stereocenters. The lowest BCUT2D eigenvalue weighted by molar-refractivity contribution is 0.459. The molecular formula is C9H7ClFNO. The first kappa shape index (κ1) is 9.82. The van der Waals surface area contributed by atoms with Crippen molar-refractivity contribution in [3.63, 3.8) is 0 Å². The second-order valence-electron chi connectivity index (χ2n) is 2.52. The zero-order chi connectivity index (χ0) is 9.84. The second kappa shape index (κ2) is 4.11. The first-order valence-electron chi connectivity index (χ1n) is 3.69. The van der Waals surface area contributed by atoms with Crippen LogP contribution in [0.25, 0.3) is 0 Å². The molecule has 0 unspecified atom stereocenters. The molecule has 2 nitrogen and oxygen atoms in total. The number of halogens is 2. The lowest BCUT2D eigenvalue weighted by atomic mass is 10.1. The molecule has 0 aromatic heterocycles. The number of phenols is 1. The standard InChI is InChI=1S/C9H7ClFNO/c10-7-3-4-8(13)6(9(7)11)2-1-5-12/h3-4,13H,1-2H2. The maximum atomic E-state index is 13.2. The van der Waals surface area contributed by atoms with Crippen molar-refractivity contribution in [3.05, 3.63) is 28.5 Å². The summed E-state index contributed by atoms with van der Waals surface area (Å²) in [5.74, 6) is -0.797. The normalized spacial score (nSPS) is 9.62. The Morgan fingerprint density at radius 1 is 1.54 bits per heavy atom. The third kappa shape index (κ3) is 2.10. The highest BCUT2D eigenvalue weighted by Gasteiger charge is 2.10. The molecule has 0 aliphatic carbocycles. The summed E-state index contributed by atoms with van der Waals surface area (Å²) in [5.41, 5.74) is 0.106. The van der Waals surface area contributed by atoms with Gasteiger partial charge in [-0.25, -0.2) is 4.39 Å². The molecule has 0 bridgehead atoms. The van der Waals surface area contributed by atoms with Crippen LogP contribution in [0.3, 0.4) is 0 Å². The molecule has 1 aromatic rings. The number of benzene rings is 1. The smallest absolute Gasteiger partial charge is 0.148 e. The van der Waals surface area contributed by atoms with Gasteiger partial charge in [0, 0.05) is 12.0 Å². The summed E-state index contributed by atoms with van der Waals surface area (Å²) in [5, 5.41) is 17.5. The highest BCUT2D eigenvalue weighted by atomic mass is 35.5. The van der Waals surface area contributed by atoms with Gasteiger partial charge in [-0.1, -0.05) is 11.6 Å². The van der Waals surface area contributed by atoms with E-state index in [0.717, 1.165) is 0 Å². The van der Waals surface area contributed by atoms with Crippen LogP contribution in [0, 0.1) is 17.1 Å². The van der Waals surface area contributed by atoms with Crippen LogP contribution in [0.15, 0.2) is 12.1 Å². The fourth-order valence-electron chi connectivity index (χ4n) is 1.00. The van der Waals surface area contributed by atoms with Crippen LogP contribution in [0.1, 0.15) is 12.0 Å². The van der Waals surface area contributed by atoms with Gasteiger partial charge >= 0.3 is 0 Å². The molecule has 0 fully saturated rings. The van der Waals surface area contributed by atoms with Gasteiger partial charge in [-0.2, -0.15) is 5.26 Å². The van der Waals surface area contributed by atoms with Crippen molar-refractivity contribution in [2.45, 2.75) is 12.8 Å². The van der Waals surface area contributed by atoms with Crippen molar-refractivity contribution in [3.8, 4) is 11.8 Å². The third-order valence-corrected chi connectivity index (χ3v) is 1.95. The van der Waals surface area contributed by atoms with E-state index in [2.05, 4.69) is 0 Å². The highest BCUT2D eigenvalue weighted by molar-refractivity contribution is 6.30. The van der Waals surface area contributed by atoms with Crippen LogP contribution in [0.2, 0.25) is 5.02 Å². The zero-order valence-corrected chi connectivity index (χ0v) is 7.48. The molecule has 0 saturated carbocycles. The van der Waals surface area contributed by atoms with Crippen molar-refractivity contribution in [2.75, 3.05) is 0 Å².